The molecule has 1 saturated heterocycles. The molecular formula is C14H20N2O2. The third-order valence-electron chi connectivity index (χ3n) is 3.36. The first kappa shape index (κ1) is 13.1. The summed E-state index contributed by atoms with van der Waals surface area (Å²) in [6.45, 7) is 3.69. The molecule has 0 spiro atoms. The number of hydrogen-bond acceptors (Lipinski definition) is 3. The molecule has 1 amide bonds. The van der Waals surface area contributed by atoms with Gasteiger partial charge < -0.3 is 15.3 Å². The van der Waals surface area contributed by atoms with Crippen molar-refractivity contribution in [1.29, 1.82) is 0 Å². The van der Waals surface area contributed by atoms with Gasteiger partial charge >= 0.3 is 0 Å². The van der Waals surface area contributed by atoms with Gasteiger partial charge in [-0.15, -0.1) is 0 Å². The molecule has 1 aliphatic heterocycles. The van der Waals surface area contributed by atoms with Crippen LogP contribution in [0.1, 0.15) is 22.3 Å². The minimum atomic E-state index is -0.783. The number of benzene rings is 1. The van der Waals surface area contributed by atoms with Gasteiger partial charge in [-0.3, -0.25) is 4.79 Å². The number of hydrogen-bond donors (Lipinski definition) is 2. The monoisotopic (exact) mass is 248 g/mol. The Labute approximate surface area is 108 Å². The number of likely N-dealkylation sites (N-methyl/N-ethyl adjacent to an activating group) is 1. The standard InChI is InChI=1S/C14H20N2O2/c1-11-4-3-5-12(8-11)13(17)16(2)10-14(18)6-7-15-9-14/h3-5,8,15,18H,6-7,9-10H2,1-2H3. The first-order chi connectivity index (χ1) is 8.50. The predicted molar refractivity (Wildman–Crippen MR) is 70.6 cm³/mol. The van der Waals surface area contributed by atoms with E-state index in [0.717, 1.165) is 12.1 Å². The second-order valence-corrected chi connectivity index (χ2v) is 5.18. The van der Waals surface area contributed by atoms with Crippen LogP contribution in [-0.2, 0) is 0 Å². The van der Waals surface area contributed by atoms with Gasteiger partial charge in [0.05, 0.1) is 12.1 Å². The van der Waals surface area contributed by atoms with E-state index in [0.29, 0.717) is 25.1 Å². The van der Waals surface area contributed by atoms with Crippen LogP contribution in [0.2, 0.25) is 0 Å². The highest BCUT2D eigenvalue weighted by molar-refractivity contribution is 5.94. The fourth-order valence-corrected chi connectivity index (χ4v) is 2.38. The van der Waals surface area contributed by atoms with Crippen molar-refractivity contribution in [3.63, 3.8) is 0 Å². The van der Waals surface area contributed by atoms with Crippen LogP contribution in [-0.4, -0.2) is 48.2 Å². The van der Waals surface area contributed by atoms with Crippen LogP contribution in [0.5, 0.6) is 0 Å². The smallest absolute Gasteiger partial charge is 0.253 e. The fraction of sp³-hybridized carbons (Fsp3) is 0.500. The molecule has 2 N–H and O–H groups in total. The molecule has 1 unspecified atom stereocenters. The summed E-state index contributed by atoms with van der Waals surface area (Å²) in [7, 11) is 1.74. The summed E-state index contributed by atoms with van der Waals surface area (Å²) in [4.78, 5) is 13.8. The van der Waals surface area contributed by atoms with E-state index >= 15 is 0 Å². The van der Waals surface area contributed by atoms with Gasteiger partial charge in [0.25, 0.3) is 5.91 Å². The Morgan fingerprint density at radius 1 is 1.56 bits per heavy atom. The number of carbonyl (C=O) groups is 1. The molecule has 0 aromatic heterocycles. The van der Waals surface area contributed by atoms with Crippen molar-refractivity contribution in [2.75, 3.05) is 26.7 Å². The maximum Gasteiger partial charge on any atom is 0.253 e. The van der Waals surface area contributed by atoms with Crippen LogP contribution in [0.4, 0.5) is 0 Å². The zero-order valence-electron chi connectivity index (χ0n) is 10.9. The molecule has 1 aromatic rings. The first-order valence-electron chi connectivity index (χ1n) is 6.25. The van der Waals surface area contributed by atoms with Crippen LogP contribution in [0, 0.1) is 6.92 Å². The second-order valence-electron chi connectivity index (χ2n) is 5.18. The molecule has 1 aromatic carbocycles. The highest BCUT2D eigenvalue weighted by Crippen LogP contribution is 2.16. The zero-order valence-corrected chi connectivity index (χ0v) is 10.9. The summed E-state index contributed by atoms with van der Waals surface area (Å²) >= 11 is 0. The van der Waals surface area contributed by atoms with Crippen LogP contribution >= 0.6 is 0 Å². The third kappa shape index (κ3) is 2.89. The molecule has 18 heavy (non-hydrogen) atoms. The average Bonchev–Trinajstić information content (AvgIpc) is 2.74. The number of amides is 1. The largest absolute Gasteiger partial charge is 0.387 e. The van der Waals surface area contributed by atoms with Crippen LogP contribution in [0.3, 0.4) is 0 Å². The number of aryl methyl sites for hydroxylation is 1. The summed E-state index contributed by atoms with van der Waals surface area (Å²) in [6.07, 6.45) is 0.693. The Morgan fingerprint density at radius 3 is 2.94 bits per heavy atom. The lowest BCUT2D eigenvalue weighted by Crippen LogP contribution is -2.45. The molecule has 1 atom stereocenters. The lowest BCUT2D eigenvalue weighted by Gasteiger charge is -2.28. The topological polar surface area (TPSA) is 52.6 Å². The zero-order chi connectivity index (χ0) is 13.2. The van der Waals surface area contributed by atoms with E-state index in [-0.39, 0.29) is 5.91 Å². The maximum absolute atomic E-state index is 12.2. The van der Waals surface area contributed by atoms with Gasteiger partial charge in [-0.1, -0.05) is 17.7 Å². The van der Waals surface area contributed by atoms with Crippen LogP contribution < -0.4 is 5.32 Å². The van der Waals surface area contributed by atoms with Gasteiger partial charge in [-0.2, -0.15) is 0 Å². The molecular weight excluding hydrogens is 228 g/mol. The quantitative estimate of drug-likeness (QED) is 0.831. The molecule has 0 saturated carbocycles. The Bertz CT molecular complexity index is 439. The fourth-order valence-electron chi connectivity index (χ4n) is 2.38. The number of nitrogens with one attached hydrogen (secondary N) is 1. The predicted octanol–water partition coefficient (Wildman–Crippen LogP) is 0.791. The highest BCUT2D eigenvalue weighted by atomic mass is 16.3. The van der Waals surface area contributed by atoms with Crippen molar-refractivity contribution in [1.82, 2.24) is 10.2 Å². The molecule has 0 bridgehead atoms. The van der Waals surface area contributed by atoms with Crippen LogP contribution in [0.25, 0.3) is 0 Å². The summed E-state index contributed by atoms with van der Waals surface area (Å²) in [5.41, 5.74) is 0.955. The van der Waals surface area contributed by atoms with Gasteiger partial charge in [0.1, 0.15) is 0 Å². The van der Waals surface area contributed by atoms with Crippen molar-refractivity contribution in [3.05, 3.63) is 35.4 Å². The number of rotatable bonds is 3. The van der Waals surface area contributed by atoms with E-state index in [1.165, 1.54) is 0 Å². The van der Waals surface area contributed by atoms with Crippen molar-refractivity contribution in [3.8, 4) is 0 Å². The van der Waals surface area contributed by atoms with Crippen molar-refractivity contribution in [2.45, 2.75) is 18.9 Å². The van der Waals surface area contributed by atoms with Gasteiger partial charge in [0.2, 0.25) is 0 Å². The van der Waals surface area contributed by atoms with E-state index < -0.39 is 5.60 Å². The summed E-state index contributed by atoms with van der Waals surface area (Å²) in [5.74, 6) is -0.0426. The molecule has 1 heterocycles. The van der Waals surface area contributed by atoms with Crippen molar-refractivity contribution in [2.24, 2.45) is 0 Å². The van der Waals surface area contributed by atoms with Crippen molar-refractivity contribution >= 4 is 5.91 Å². The van der Waals surface area contributed by atoms with E-state index in [1.807, 2.05) is 31.2 Å². The van der Waals surface area contributed by atoms with Gasteiger partial charge in [-0.25, -0.2) is 0 Å². The normalized spacial score (nSPS) is 23.1. The molecule has 2 rings (SSSR count). The Balaban J connectivity index is 2.04. The van der Waals surface area contributed by atoms with Gasteiger partial charge in [0.15, 0.2) is 0 Å². The van der Waals surface area contributed by atoms with E-state index in [1.54, 1.807) is 11.9 Å². The molecule has 0 radical (unpaired) electrons. The highest BCUT2D eigenvalue weighted by Gasteiger charge is 2.33. The third-order valence-corrected chi connectivity index (χ3v) is 3.36. The number of nitrogens with zero attached hydrogens (tertiary/aromatic N) is 1. The minimum Gasteiger partial charge on any atom is -0.387 e. The Hall–Kier alpha value is -1.39. The summed E-state index contributed by atoms with van der Waals surface area (Å²) in [6, 6.07) is 7.52. The van der Waals surface area contributed by atoms with Gasteiger partial charge in [0, 0.05) is 19.2 Å². The lowest BCUT2D eigenvalue weighted by atomic mass is 10.0. The Morgan fingerprint density at radius 2 is 2.33 bits per heavy atom. The average molecular weight is 248 g/mol. The van der Waals surface area contributed by atoms with Crippen molar-refractivity contribution < 1.29 is 9.90 Å². The maximum atomic E-state index is 12.2. The summed E-state index contributed by atoms with van der Waals surface area (Å²) in [5, 5.41) is 13.4. The molecule has 1 aliphatic rings. The second kappa shape index (κ2) is 5.08. The first-order valence-corrected chi connectivity index (χ1v) is 6.25. The SMILES string of the molecule is Cc1cccc(C(=O)N(C)CC2(O)CCNC2)c1. The van der Waals surface area contributed by atoms with Gasteiger partial charge in [-0.05, 0) is 32.0 Å². The van der Waals surface area contributed by atoms with E-state index in [2.05, 4.69) is 5.32 Å². The van der Waals surface area contributed by atoms with Crippen LogP contribution in [0.15, 0.2) is 24.3 Å². The number of carbonyl (C=O) groups excluding carboxylic acids is 1. The van der Waals surface area contributed by atoms with E-state index in [9.17, 15) is 9.90 Å². The molecule has 1 fully saturated rings. The van der Waals surface area contributed by atoms with E-state index in [4.69, 9.17) is 0 Å². The summed E-state index contributed by atoms with van der Waals surface area (Å²) < 4.78 is 0. The molecule has 4 nitrogen and oxygen atoms in total. The number of β-amino-alcohol motifs (C(OH)–C–C–N with tert-alkyl or cyclic N) is 1. The Kier molecular flexibility index (Phi) is 3.68. The number of aliphatic hydroxyl groups is 1. The lowest BCUT2D eigenvalue weighted by molar-refractivity contribution is 0.0252. The molecule has 4 heteroatoms. The molecule has 98 valence electrons. The molecule has 0 aliphatic carbocycles. The minimum absolute atomic E-state index is 0.0426.